The van der Waals surface area contributed by atoms with Crippen LogP contribution in [0.25, 0.3) is 0 Å². The summed E-state index contributed by atoms with van der Waals surface area (Å²) < 4.78 is 5.07. The van der Waals surface area contributed by atoms with E-state index in [1.807, 2.05) is 12.4 Å². The van der Waals surface area contributed by atoms with Gasteiger partial charge >= 0.3 is 0 Å². The average Bonchev–Trinajstić information content (AvgIpc) is 3.08. The van der Waals surface area contributed by atoms with Crippen molar-refractivity contribution >= 4 is 0 Å². The number of nitrogens with one attached hydrogen (secondary N) is 1. The predicted molar refractivity (Wildman–Crippen MR) is 90.0 cm³/mol. The van der Waals surface area contributed by atoms with Crippen molar-refractivity contribution in [2.24, 2.45) is 0 Å². The van der Waals surface area contributed by atoms with Crippen molar-refractivity contribution in [3.63, 3.8) is 0 Å². The van der Waals surface area contributed by atoms with Crippen LogP contribution in [0, 0.1) is 0 Å². The van der Waals surface area contributed by atoms with E-state index in [4.69, 9.17) is 4.52 Å². The molecule has 1 aliphatic rings. The molecule has 0 saturated carbocycles. The maximum atomic E-state index is 5.07. The Labute approximate surface area is 138 Å². The van der Waals surface area contributed by atoms with E-state index in [0.717, 1.165) is 31.7 Å². The minimum absolute atomic E-state index is 0.462. The van der Waals surface area contributed by atoms with Crippen molar-refractivity contribution in [1.29, 1.82) is 0 Å². The van der Waals surface area contributed by atoms with Crippen LogP contribution in [0.4, 0.5) is 0 Å². The molecule has 5 heteroatoms. The largest absolute Gasteiger partial charge is 0.364 e. The lowest BCUT2D eigenvalue weighted by Gasteiger charge is -2.36. The molecule has 0 aromatic carbocycles. The van der Waals surface area contributed by atoms with Crippen LogP contribution in [0.1, 0.15) is 49.6 Å². The highest BCUT2D eigenvalue weighted by molar-refractivity contribution is 5.15. The maximum Gasteiger partial charge on any atom is 0.128 e. The first-order valence-electron chi connectivity index (χ1n) is 8.57. The summed E-state index contributed by atoms with van der Waals surface area (Å²) in [7, 11) is 0. The number of hydrogen-bond acceptors (Lipinski definition) is 5. The van der Waals surface area contributed by atoms with Gasteiger partial charge in [0.1, 0.15) is 6.26 Å². The molecule has 3 rings (SSSR count). The molecule has 3 heterocycles. The Kier molecular flexibility index (Phi) is 5.41. The van der Waals surface area contributed by atoms with Gasteiger partial charge in [-0.2, -0.15) is 0 Å². The zero-order chi connectivity index (χ0) is 16.1. The van der Waals surface area contributed by atoms with Crippen LogP contribution < -0.4 is 5.32 Å². The average molecular weight is 314 g/mol. The lowest BCUT2D eigenvalue weighted by molar-refractivity contribution is 0.152. The van der Waals surface area contributed by atoms with Crippen molar-refractivity contribution in [2.75, 3.05) is 13.1 Å². The number of aryl methyl sites for hydroxylation is 1. The van der Waals surface area contributed by atoms with E-state index < -0.39 is 0 Å². The van der Waals surface area contributed by atoms with Crippen LogP contribution in [-0.4, -0.2) is 34.2 Å². The highest BCUT2D eigenvalue weighted by Crippen LogP contribution is 2.23. The van der Waals surface area contributed by atoms with Gasteiger partial charge in [0.25, 0.3) is 0 Å². The molecular formula is C18H26N4O. The smallest absolute Gasteiger partial charge is 0.128 e. The summed E-state index contributed by atoms with van der Waals surface area (Å²) >= 11 is 0. The van der Waals surface area contributed by atoms with Gasteiger partial charge in [-0.05, 0) is 43.9 Å². The van der Waals surface area contributed by atoms with Crippen molar-refractivity contribution in [3.05, 3.63) is 47.6 Å². The summed E-state index contributed by atoms with van der Waals surface area (Å²) in [4.78, 5) is 6.67. The molecule has 23 heavy (non-hydrogen) atoms. The summed E-state index contributed by atoms with van der Waals surface area (Å²) in [6, 6.07) is 5.28. The van der Waals surface area contributed by atoms with Crippen molar-refractivity contribution < 1.29 is 4.52 Å². The normalized spacial score (nSPS) is 18.2. The fourth-order valence-electron chi connectivity index (χ4n) is 3.31. The van der Waals surface area contributed by atoms with Gasteiger partial charge in [-0.3, -0.25) is 9.88 Å². The topological polar surface area (TPSA) is 54.2 Å². The molecule has 0 radical (unpaired) electrons. The summed E-state index contributed by atoms with van der Waals surface area (Å²) in [6.07, 6.45) is 8.82. The highest BCUT2D eigenvalue weighted by Gasteiger charge is 2.23. The molecule has 0 amide bonds. The van der Waals surface area contributed by atoms with Crippen molar-refractivity contribution in [1.82, 2.24) is 20.4 Å². The predicted octanol–water partition coefficient (Wildman–Crippen LogP) is 2.95. The number of pyridine rings is 1. The van der Waals surface area contributed by atoms with Gasteiger partial charge in [0, 0.05) is 49.7 Å². The van der Waals surface area contributed by atoms with Gasteiger partial charge in [-0.1, -0.05) is 12.1 Å². The van der Waals surface area contributed by atoms with Crippen LogP contribution in [-0.2, 0) is 13.0 Å². The molecule has 1 N–H and O–H groups in total. The second kappa shape index (κ2) is 7.70. The van der Waals surface area contributed by atoms with Crippen LogP contribution in [0.15, 0.2) is 35.3 Å². The minimum atomic E-state index is 0.462. The molecule has 1 unspecified atom stereocenters. The molecule has 124 valence electrons. The molecule has 1 fully saturated rings. The van der Waals surface area contributed by atoms with E-state index in [0.29, 0.717) is 12.1 Å². The summed E-state index contributed by atoms with van der Waals surface area (Å²) in [5, 5.41) is 7.70. The Morgan fingerprint density at radius 2 is 2.04 bits per heavy atom. The highest BCUT2D eigenvalue weighted by atomic mass is 16.5. The standard InChI is InChI=1S/C18H26N4O/c1-3-18-16(13-23-21-18)12-20-17-6-10-22(11-7-17)14(2)15-4-8-19-9-5-15/h4-5,8-9,13-14,17,20H,3,6-7,10-12H2,1-2H3. The van der Waals surface area contributed by atoms with E-state index in [9.17, 15) is 0 Å². The fraction of sp³-hybridized carbons (Fsp3) is 0.556. The van der Waals surface area contributed by atoms with Gasteiger partial charge in [0.15, 0.2) is 0 Å². The maximum absolute atomic E-state index is 5.07. The first-order chi connectivity index (χ1) is 11.3. The quantitative estimate of drug-likeness (QED) is 0.888. The first-order valence-corrected chi connectivity index (χ1v) is 8.57. The minimum Gasteiger partial charge on any atom is -0.364 e. The molecule has 1 saturated heterocycles. The number of piperidine rings is 1. The van der Waals surface area contributed by atoms with Crippen LogP contribution in [0.3, 0.4) is 0 Å². The second-order valence-corrected chi connectivity index (χ2v) is 6.29. The summed E-state index contributed by atoms with van der Waals surface area (Å²) in [5.41, 5.74) is 3.62. The third-order valence-corrected chi connectivity index (χ3v) is 4.91. The van der Waals surface area contributed by atoms with Crippen molar-refractivity contribution in [3.8, 4) is 0 Å². The van der Waals surface area contributed by atoms with Crippen LogP contribution in [0.5, 0.6) is 0 Å². The van der Waals surface area contributed by atoms with E-state index in [1.54, 1.807) is 6.26 Å². The summed E-state index contributed by atoms with van der Waals surface area (Å²) in [6.45, 7) is 7.52. The molecule has 0 spiro atoms. The molecule has 2 aromatic rings. The Hall–Kier alpha value is -1.72. The van der Waals surface area contributed by atoms with E-state index in [1.165, 1.54) is 24.0 Å². The second-order valence-electron chi connectivity index (χ2n) is 6.29. The molecular weight excluding hydrogens is 288 g/mol. The fourth-order valence-corrected chi connectivity index (χ4v) is 3.31. The first kappa shape index (κ1) is 16.1. The molecule has 1 aliphatic heterocycles. The SMILES string of the molecule is CCc1nocc1CNC1CCN(C(C)c2ccncc2)CC1. The number of likely N-dealkylation sites (tertiary alicyclic amines) is 1. The molecule has 5 nitrogen and oxygen atoms in total. The lowest BCUT2D eigenvalue weighted by Crippen LogP contribution is -2.43. The third kappa shape index (κ3) is 3.98. The van der Waals surface area contributed by atoms with Gasteiger partial charge in [0.2, 0.25) is 0 Å². The van der Waals surface area contributed by atoms with Gasteiger partial charge in [-0.15, -0.1) is 0 Å². The number of aromatic nitrogens is 2. The van der Waals surface area contributed by atoms with E-state index >= 15 is 0 Å². The van der Waals surface area contributed by atoms with Crippen LogP contribution in [0.2, 0.25) is 0 Å². The zero-order valence-electron chi connectivity index (χ0n) is 14.0. The summed E-state index contributed by atoms with van der Waals surface area (Å²) in [5.74, 6) is 0. The monoisotopic (exact) mass is 314 g/mol. The number of rotatable bonds is 6. The number of nitrogens with zero attached hydrogens (tertiary/aromatic N) is 3. The third-order valence-electron chi connectivity index (χ3n) is 4.91. The lowest BCUT2D eigenvalue weighted by atomic mass is 10.0. The van der Waals surface area contributed by atoms with E-state index in [-0.39, 0.29) is 0 Å². The molecule has 0 bridgehead atoms. The van der Waals surface area contributed by atoms with Gasteiger partial charge < -0.3 is 9.84 Å². The number of hydrogen-bond donors (Lipinski definition) is 1. The molecule has 0 aliphatic carbocycles. The Bertz CT molecular complexity index is 590. The van der Waals surface area contributed by atoms with Gasteiger partial charge in [0.05, 0.1) is 5.69 Å². The van der Waals surface area contributed by atoms with E-state index in [2.05, 4.69) is 46.3 Å². The van der Waals surface area contributed by atoms with Crippen LogP contribution >= 0.6 is 0 Å². The Balaban J connectivity index is 1.47. The molecule has 1 atom stereocenters. The zero-order valence-corrected chi connectivity index (χ0v) is 14.0. The van der Waals surface area contributed by atoms with Gasteiger partial charge in [-0.25, -0.2) is 0 Å². The van der Waals surface area contributed by atoms with Crippen molar-refractivity contribution in [2.45, 2.75) is 51.7 Å². The Morgan fingerprint density at radius 1 is 1.30 bits per heavy atom. The Morgan fingerprint density at radius 3 is 2.74 bits per heavy atom. The molecule has 2 aromatic heterocycles.